The number of nitrogens with two attached hydrogens (primary N) is 3. The van der Waals surface area contributed by atoms with Crippen molar-refractivity contribution in [2.45, 2.75) is 56.3 Å². The van der Waals surface area contributed by atoms with Gasteiger partial charge in [0.2, 0.25) is 29.5 Å². The lowest BCUT2D eigenvalue weighted by Gasteiger charge is -2.24. The number of hydrogen-bond donors (Lipinski definition) is 8. The molecule has 4 unspecified atom stereocenters. The lowest BCUT2D eigenvalue weighted by Crippen LogP contribution is -2.58. The smallest absolute Gasteiger partial charge is 0.326 e. The van der Waals surface area contributed by atoms with Gasteiger partial charge in [-0.1, -0.05) is 30.3 Å². The number of nitrogens with one attached hydrogen (secondary N) is 3. The van der Waals surface area contributed by atoms with E-state index in [1.807, 2.05) is 5.32 Å². The highest BCUT2D eigenvalue weighted by Crippen LogP contribution is 2.05. The second kappa shape index (κ2) is 14.8. The molecule has 0 fully saturated rings. The van der Waals surface area contributed by atoms with E-state index in [1.54, 1.807) is 30.3 Å². The fourth-order valence-electron chi connectivity index (χ4n) is 3.13. The van der Waals surface area contributed by atoms with Crippen molar-refractivity contribution in [3.63, 3.8) is 0 Å². The van der Waals surface area contributed by atoms with Crippen LogP contribution in [-0.4, -0.2) is 75.9 Å². The van der Waals surface area contributed by atoms with Crippen LogP contribution in [0.4, 0.5) is 0 Å². The van der Waals surface area contributed by atoms with Gasteiger partial charge >= 0.3 is 11.9 Å². The van der Waals surface area contributed by atoms with Gasteiger partial charge in [0.1, 0.15) is 18.1 Å². The minimum atomic E-state index is -1.75. The minimum Gasteiger partial charge on any atom is -0.481 e. The van der Waals surface area contributed by atoms with E-state index >= 15 is 0 Å². The molecule has 37 heavy (non-hydrogen) atoms. The van der Waals surface area contributed by atoms with Crippen LogP contribution in [0.25, 0.3) is 0 Å². The summed E-state index contributed by atoms with van der Waals surface area (Å²) in [6.45, 7) is 0. The van der Waals surface area contributed by atoms with Crippen molar-refractivity contribution in [1.29, 1.82) is 0 Å². The number of carboxylic acids is 2. The first-order valence-electron chi connectivity index (χ1n) is 11.0. The summed E-state index contributed by atoms with van der Waals surface area (Å²) in [5.41, 5.74) is 16.7. The first kappa shape index (κ1) is 30.5. The third kappa shape index (κ3) is 11.6. The Bertz CT molecular complexity index is 1020. The summed E-state index contributed by atoms with van der Waals surface area (Å²) in [6, 6.07) is 2.68. The van der Waals surface area contributed by atoms with Gasteiger partial charge < -0.3 is 43.4 Å². The molecule has 11 N–H and O–H groups in total. The molecule has 0 aromatic heterocycles. The van der Waals surface area contributed by atoms with E-state index in [2.05, 4.69) is 10.6 Å². The van der Waals surface area contributed by atoms with E-state index in [-0.39, 0.29) is 6.42 Å². The zero-order chi connectivity index (χ0) is 28.1. The zero-order valence-electron chi connectivity index (χ0n) is 19.7. The Kier molecular flexibility index (Phi) is 12.2. The van der Waals surface area contributed by atoms with Crippen molar-refractivity contribution in [2.75, 3.05) is 0 Å². The highest BCUT2D eigenvalue weighted by Gasteiger charge is 2.32. The molecule has 0 aliphatic carbocycles. The van der Waals surface area contributed by atoms with Crippen molar-refractivity contribution in [3.05, 3.63) is 35.9 Å². The number of carbonyl (C=O) groups excluding carboxylic acids is 5. The topological polar surface area (TPSA) is 274 Å². The summed E-state index contributed by atoms with van der Waals surface area (Å²) in [4.78, 5) is 82.9. The van der Waals surface area contributed by atoms with Gasteiger partial charge in [0.05, 0.1) is 18.9 Å². The average molecular weight is 523 g/mol. The van der Waals surface area contributed by atoms with Gasteiger partial charge in [-0.2, -0.15) is 0 Å². The Hall–Kier alpha value is -4.53. The summed E-state index contributed by atoms with van der Waals surface area (Å²) in [6.07, 6.45) is -2.36. The highest BCUT2D eigenvalue weighted by molar-refractivity contribution is 5.96. The lowest BCUT2D eigenvalue weighted by molar-refractivity contribution is -0.144. The van der Waals surface area contributed by atoms with Crippen LogP contribution in [-0.2, 0) is 40.0 Å². The summed E-state index contributed by atoms with van der Waals surface area (Å²) in [5.74, 6) is -7.96. The van der Waals surface area contributed by atoms with Crippen molar-refractivity contribution < 1.29 is 43.8 Å². The summed E-state index contributed by atoms with van der Waals surface area (Å²) >= 11 is 0. The fourth-order valence-corrected chi connectivity index (χ4v) is 3.13. The van der Waals surface area contributed by atoms with Crippen molar-refractivity contribution in [2.24, 2.45) is 17.2 Å². The van der Waals surface area contributed by atoms with Crippen molar-refractivity contribution in [1.82, 2.24) is 16.0 Å². The molecule has 0 bridgehead atoms. The Morgan fingerprint density at radius 3 is 1.73 bits per heavy atom. The van der Waals surface area contributed by atoms with Gasteiger partial charge in [0.25, 0.3) is 0 Å². The Labute approximate surface area is 211 Å². The Balaban J connectivity index is 3.01. The zero-order valence-corrected chi connectivity index (χ0v) is 19.7. The predicted octanol–water partition coefficient (Wildman–Crippen LogP) is -3.29. The van der Waals surface area contributed by atoms with Crippen LogP contribution in [0.5, 0.6) is 0 Å². The molecule has 1 aromatic carbocycles. The third-order valence-electron chi connectivity index (χ3n) is 4.97. The Morgan fingerprint density at radius 1 is 0.730 bits per heavy atom. The van der Waals surface area contributed by atoms with Crippen molar-refractivity contribution >= 4 is 41.5 Å². The molecule has 1 rings (SSSR count). The summed E-state index contributed by atoms with van der Waals surface area (Å²) in [7, 11) is 0. The molecule has 15 heteroatoms. The van der Waals surface area contributed by atoms with Crippen LogP contribution in [0.1, 0.15) is 31.2 Å². The molecule has 202 valence electrons. The molecular weight excluding hydrogens is 492 g/mol. The number of carbonyl (C=O) groups is 7. The van der Waals surface area contributed by atoms with Crippen LogP contribution in [0.2, 0.25) is 0 Å². The SMILES string of the molecule is NC(=O)CC(NC(=O)C(CC(N)=O)NC(=O)C(CCC(=O)O)NC(=O)C(N)Cc1ccccc1)C(=O)O. The van der Waals surface area contributed by atoms with Crippen molar-refractivity contribution in [3.8, 4) is 0 Å². The molecule has 0 spiro atoms. The fraction of sp³-hybridized carbons (Fsp3) is 0.409. The first-order valence-corrected chi connectivity index (χ1v) is 11.0. The lowest BCUT2D eigenvalue weighted by atomic mass is 10.0. The maximum atomic E-state index is 12.9. The number of rotatable bonds is 16. The maximum Gasteiger partial charge on any atom is 0.326 e. The third-order valence-corrected chi connectivity index (χ3v) is 4.97. The Morgan fingerprint density at radius 2 is 1.22 bits per heavy atom. The molecule has 0 saturated heterocycles. The second-order valence-corrected chi connectivity index (χ2v) is 8.09. The number of hydrogen-bond acceptors (Lipinski definition) is 8. The average Bonchev–Trinajstić information content (AvgIpc) is 2.80. The van der Waals surface area contributed by atoms with Crippen LogP contribution < -0.4 is 33.2 Å². The monoisotopic (exact) mass is 522 g/mol. The van der Waals surface area contributed by atoms with E-state index in [4.69, 9.17) is 27.4 Å². The van der Waals surface area contributed by atoms with Gasteiger partial charge in [-0.3, -0.25) is 28.8 Å². The molecule has 0 saturated carbocycles. The number of primary amides is 2. The van der Waals surface area contributed by atoms with Crippen LogP contribution >= 0.6 is 0 Å². The molecule has 0 aliphatic rings. The van der Waals surface area contributed by atoms with Gasteiger partial charge in [-0.05, 0) is 18.4 Å². The highest BCUT2D eigenvalue weighted by atomic mass is 16.4. The van der Waals surface area contributed by atoms with Gasteiger partial charge in [0.15, 0.2) is 0 Å². The largest absolute Gasteiger partial charge is 0.481 e. The molecule has 0 heterocycles. The summed E-state index contributed by atoms with van der Waals surface area (Å²) in [5, 5.41) is 24.6. The van der Waals surface area contributed by atoms with Gasteiger partial charge in [-0.15, -0.1) is 0 Å². The molecule has 1 aromatic rings. The van der Waals surface area contributed by atoms with E-state index in [0.717, 1.165) is 5.56 Å². The molecular formula is C22H30N6O9. The molecule has 4 atom stereocenters. The van der Waals surface area contributed by atoms with E-state index in [1.165, 1.54) is 0 Å². The second-order valence-electron chi connectivity index (χ2n) is 8.09. The van der Waals surface area contributed by atoms with Gasteiger partial charge in [-0.25, -0.2) is 4.79 Å². The van der Waals surface area contributed by atoms with E-state index in [9.17, 15) is 33.6 Å². The molecule has 0 aliphatic heterocycles. The van der Waals surface area contributed by atoms with Crippen LogP contribution in [0, 0.1) is 0 Å². The molecule has 5 amide bonds. The molecule has 15 nitrogen and oxygen atoms in total. The summed E-state index contributed by atoms with van der Waals surface area (Å²) < 4.78 is 0. The predicted molar refractivity (Wildman–Crippen MR) is 126 cm³/mol. The van der Waals surface area contributed by atoms with E-state index < -0.39 is 91.3 Å². The van der Waals surface area contributed by atoms with Gasteiger partial charge in [0, 0.05) is 6.42 Å². The first-order chi connectivity index (χ1) is 17.3. The molecule has 0 radical (unpaired) electrons. The quantitative estimate of drug-likeness (QED) is 0.107. The van der Waals surface area contributed by atoms with Crippen LogP contribution in [0.15, 0.2) is 30.3 Å². The normalized spacial score (nSPS) is 13.8. The van der Waals surface area contributed by atoms with E-state index in [0.29, 0.717) is 0 Å². The number of carboxylic acid groups (broad SMARTS) is 2. The number of aliphatic carboxylic acids is 2. The minimum absolute atomic E-state index is 0.114. The standard InChI is InChI=1S/C22H30N6O9/c23-12(8-11-4-2-1-3-5-11)19(33)26-13(6-7-18(31)32)20(34)27-14(9-16(24)29)21(35)28-15(22(36)37)10-17(25)30/h1-5,12-15H,6-10,23H2,(H2,24,29)(H2,25,30)(H,26,33)(H,27,34)(H,28,35)(H,31,32)(H,36,37). The number of amides is 5. The maximum absolute atomic E-state index is 12.9. The number of benzene rings is 1. The van der Waals surface area contributed by atoms with Crippen LogP contribution in [0.3, 0.4) is 0 Å².